The summed E-state index contributed by atoms with van der Waals surface area (Å²) < 4.78 is 0. The maximum absolute atomic E-state index is 13.4. The van der Waals surface area contributed by atoms with E-state index in [0.29, 0.717) is 23.2 Å². The average Bonchev–Trinajstić information content (AvgIpc) is 2.44. The van der Waals surface area contributed by atoms with Gasteiger partial charge in [0, 0.05) is 18.5 Å². The Balaban J connectivity index is 1.61. The Hall–Kier alpha value is -0.240. The summed E-state index contributed by atoms with van der Waals surface area (Å²) >= 11 is 6.16. The first-order valence-electron chi connectivity index (χ1n) is 8.91. The SMILES string of the molecule is CC12CC3CC(C1)CC(C(=O)N1CCCCC1CCl)(C3)C2. The smallest absolute Gasteiger partial charge is 0.229 e. The van der Waals surface area contributed by atoms with E-state index in [9.17, 15) is 4.79 Å². The predicted octanol–water partition coefficient (Wildman–Crippen LogP) is 4.21. The van der Waals surface area contributed by atoms with E-state index in [1.54, 1.807) is 0 Å². The van der Waals surface area contributed by atoms with E-state index >= 15 is 0 Å². The van der Waals surface area contributed by atoms with Crippen LogP contribution >= 0.6 is 11.6 Å². The predicted molar refractivity (Wildman–Crippen MR) is 85.3 cm³/mol. The molecule has 0 aromatic rings. The summed E-state index contributed by atoms with van der Waals surface area (Å²) in [6.45, 7) is 3.39. The lowest BCUT2D eigenvalue weighted by Gasteiger charge is -2.61. The van der Waals surface area contributed by atoms with Crippen molar-refractivity contribution < 1.29 is 4.79 Å². The minimum absolute atomic E-state index is 0.0134. The normalized spacial score (nSPS) is 48.7. The van der Waals surface area contributed by atoms with Gasteiger partial charge < -0.3 is 4.90 Å². The highest BCUT2D eigenvalue weighted by molar-refractivity contribution is 6.18. The number of rotatable bonds is 2. The summed E-state index contributed by atoms with van der Waals surface area (Å²) in [5, 5.41) is 0. The molecule has 1 aliphatic heterocycles. The van der Waals surface area contributed by atoms with Crippen LogP contribution < -0.4 is 0 Å². The molecule has 4 bridgehead atoms. The number of likely N-dealkylation sites (tertiary alicyclic amines) is 1. The van der Waals surface area contributed by atoms with Crippen LogP contribution in [0.15, 0.2) is 0 Å². The molecule has 2 nitrogen and oxygen atoms in total. The van der Waals surface area contributed by atoms with Gasteiger partial charge in [0.1, 0.15) is 0 Å². The monoisotopic (exact) mass is 309 g/mol. The van der Waals surface area contributed by atoms with E-state index in [2.05, 4.69) is 11.8 Å². The zero-order chi connectivity index (χ0) is 14.7. The molecule has 21 heavy (non-hydrogen) atoms. The van der Waals surface area contributed by atoms with Crippen LogP contribution in [0.1, 0.15) is 64.7 Å². The van der Waals surface area contributed by atoms with Crippen molar-refractivity contribution in [3.8, 4) is 0 Å². The second-order valence-corrected chi connectivity index (χ2v) is 9.16. The molecule has 4 aliphatic carbocycles. The van der Waals surface area contributed by atoms with Gasteiger partial charge in [0.05, 0.1) is 5.41 Å². The molecule has 3 atom stereocenters. The number of alkyl halides is 1. The third kappa shape index (κ3) is 2.24. The van der Waals surface area contributed by atoms with Crippen molar-refractivity contribution >= 4 is 17.5 Å². The molecule has 5 fully saturated rings. The molecule has 1 saturated heterocycles. The number of hydrogen-bond donors (Lipinski definition) is 0. The van der Waals surface area contributed by atoms with Gasteiger partial charge in [-0.05, 0) is 75.0 Å². The number of carbonyl (C=O) groups is 1. The fourth-order valence-electron chi connectivity index (χ4n) is 6.70. The first-order valence-corrected chi connectivity index (χ1v) is 9.44. The van der Waals surface area contributed by atoms with Gasteiger partial charge in [0.2, 0.25) is 5.91 Å². The second kappa shape index (κ2) is 4.88. The van der Waals surface area contributed by atoms with Crippen molar-refractivity contribution in [3.05, 3.63) is 0 Å². The quantitative estimate of drug-likeness (QED) is 0.700. The van der Waals surface area contributed by atoms with Gasteiger partial charge in [0.15, 0.2) is 0 Å². The molecule has 0 radical (unpaired) electrons. The van der Waals surface area contributed by atoms with Crippen LogP contribution in [0.3, 0.4) is 0 Å². The van der Waals surface area contributed by atoms with Gasteiger partial charge in [-0.3, -0.25) is 4.79 Å². The van der Waals surface area contributed by atoms with Crippen molar-refractivity contribution in [1.82, 2.24) is 4.90 Å². The molecule has 5 rings (SSSR count). The summed E-state index contributed by atoms with van der Waals surface area (Å²) in [5.41, 5.74) is 0.437. The van der Waals surface area contributed by atoms with E-state index in [-0.39, 0.29) is 5.41 Å². The Kier molecular flexibility index (Phi) is 3.33. The van der Waals surface area contributed by atoms with Crippen molar-refractivity contribution in [1.29, 1.82) is 0 Å². The van der Waals surface area contributed by atoms with Gasteiger partial charge >= 0.3 is 0 Å². The fourth-order valence-corrected chi connectivity index (χ4v) is 7.02. The number of piperidine rings is 1. The van der Waals surface area contributed by atoms with Crippen LogP contribution in [0, 0.1) is 22.7 Å². The van der Waals surface area contributed by atoms with Crippen LogP contribution in [0.4, 0.5) is 0 Å². The lowest BCUT2D eigenvalue weighted by atomic mass is 9.44. The minimum atomic E-state index is -0.0134. The lowest BCUT2D eigenvalue weighted by Crippen LogP contribution is -2.59. The Bertz CT molecular complexity index is 434. The van der Waals surface area contributed by atoms with E-state index < -0.39 is 0 Å². The zero-order valence-electron chi connectivity index (χ0n) is 13.2. The van der Waals surface area contributed by atoms with Crippen LogP contribution in [-0.2, 0) is 4.79 Å². The number of amides is 1. The Morgan fingerprint density at radius 3 is 2.52 bits per heavy atom. The molecule has 1 heterocycles. The molecule has 3 unspecified atom stereocenters. The molecule has 5 aliphatic rings. The zero-order valence-corrected chi connectivity index (χ0v) is 14.0. The van der Waals surface area contributed by atoms with E-state index in [4.69, 9.17) is 11.6 Å². The number of hydrogen-bond acceptors (Lipinski definition) is 1. The minimum Gasteiger partial charge on any atom is -0.338 e. The van der Waals surface area contributed by atoms with Gasteiger partial charge in [-0.2, -0.15) is 0 Å². The van der Waals surface area contributed by atoms with Crippen molar-refractivity contribution in [2.45, 2.75) is 70.8 Å². The molecule has 0 aromatic carbocycles. The topological polar surface area (TPSA) is 20.3 Å². The van der Waals surface area contributed by atoms with E-state index in [1.165, 1.54) is 44.9 Å². The highest BCUT2D eigenvalue weighted by Crippen LogP contribution is 2.65. The Morgan fingerprint density at radius 1 is 1.19 bits per heavy atom. The van der Waals surface area contributed by atoms with Gasteiger partial charge in [-0.15, -0.1) is 11.6 Å². The molecule has 3 heteroatoms. The van der Waals surface area contributed by atoms with Crippen molar-refractivity contribution in [2.24, 2.45) is 22.7 Å². The van der Waals surface area contributed by atoms with Crippen LogP contribution in [0.25, 0.3) is 0 Å². The van der Waals surface area contributed by atoms with Gasteiger partial charge in [-0.25, -0.2) is 0 Å². The summed E-state index contributed by atoms with van der Waals surface area (Å²) in [5.74, 6) is 2.73. The molecule has 0 N–H and O–H groups in total. The Labute approximate surface area is 133 Å². The average molecular weight is 310 g/mol. The van der Waals surface area contributed by atoms with E-state index in [0.717, 1.165) is 31.2 Å². The first-order chi connectivity index (χ1) is 10.0. The molecule has 118 valence electrons. The maximum atomic E-state index is 13.4. The first kappa shape index (κ1) is 14.4. The standard InChI is InChI=1S/C18H28ClNO/c1-17-7-13-6-14(8-17)10-18(9-13,12-17)16(21)20-5-3-2-4-15(20)11-19/h13-15H,2-12H2,1H3. The Morgan fingerprint density at radius 2 is 1.90 bits per heavy atom. The summed E-state index contributed by atoms with van der Waals surface area (Å²) in [6, 6.07) is 0.300. The highest BCUT2D eigenvalue weighted by Gasteiger charge is 2.59. The molecular weight excluding hydrogens is 282 g/mol. The van der Waals surface area contributed by atoms with Gasteiger partial charge in [0.25, 0.3) is 0 Å². The third-order valence-corrected chi connectivity index (χ3v) is 7.23. The third-order valence-electron chi connectivity index (χ3n) is 6.87. The second-order valence-electron chi connectivity index (χ2n) is 8.85. The summed E-state index contributed by atoms with van der Waals surface area (Å²) in [7, 11) is 0. The highest BCUT2D eigenvalue weighted by atomic mass is 35.5. The van der Waals surface area contributed by atoms with E-state index in [1.807, 2.05) is 0 Å². The van der Waals surface area contributed by atoms with Crippen molar-refractivity contribution in [3.63, 3.8) is 0 Å². The van der Waals surface area contributed by atoms with Crippen LogP contribution in [0.2, 0.25) is 0 Å². The van der Waals surface area contributed by atoms with Crippen molar-refractivity contribution in [2.75, 3.05) is 12.4 Å². The van der Waals surface area contributed by atoms with Crippen LogP contribution in [-0.4, -0.2) is 29.3 Å². The maximum Gasteiger partial charge on any atom is 0.229 e. The number of nitrogens with zero attached hydrogens (tertiary/aromatic N) is 1. The molecular formula is C18H28ClNO. The number of carbonyl (C=O) groups excluding carboxylic acids is 1. The molecule has 4 saturated carbocycles. The molecule has 0 aromatic heterocycles. The van der Waals surface area contributed by atoms with Gasteiger partial charge in [-0.1, -0.05) is 6.92 Å². The van der Waals surface area contributed by atoms with Crippen LogP contribution in [0.5, 0.6) is 0 Å². The molecule has 1 amide bonds. The molecule has 0 spiro atoms. The lowest BCUT2D eigenvalue weighted by molar-refractivity contribution is -0.169. The summed E-state index contributed by atoms with van der Waals surface area (Å²) in [4.78, 5) is 15.6. The number of halogens is 1. The fraction of sp³-hybridized carbons (Fsp3) is 0.944. The largest absolute Gasteiger partial charge is 0.338 e. The summed E-state index contributed by atoms with van der Waals surface area (Å²) in [6.07, 6.45) is 11.1.